The van der Waals surface area contributed by atoms with Gasteiger partial charge in [-0.05, 0) is 44.9 Å². The van der Waals surface area contributed by atoms with Crippen molar-refractivity contribution in [2.45, 2.75) is 51.1 Å². The third kappa shape index (κ3) is 7.05. The van der Waals surface area contributed by atoms with Crippen molar-refractivity contribution in [3.63, 3.8) is 0 Å². The van der Waals surface area contributed by atoms with Crippen LogP contribution in [0.1, 0.15) is 48.5 Å². The van der Waals surface area contributed by atoms with Gasteiger partial charge in [0, 0.05) is 50.3 Å². The lowest BCUT2D eigenvalue weighted by atomic mass is 10.0. The van der Waals surface area contributed by atoms with E-state index < -0.39 is 5.97 Å². The highest BCUT2D eigenvalue weighted by Gasteiger charge is 2.19. The summed E-state index contributed by atoms with van der Waals surface area (Å²) in [4.78, 5) is 26.9. The fourth-order valence-electron chi connectivity index (χ4n) is 3.78. The van der Waals surface area contributed by atoms with Gasteiger partial charge in [0.05, 0.1) is 12.2 Å². The average molecular weight is 427 g/mol. The monoisotopic (exact) mass is 426 g/mol. The quantitative estimate of drug-likeness (QED) is 0.700. The molecule has 2 aromatic heterocycles. The Kier molecular flexibility index (Phi) is 8.87. The maximum atomic E-state index is 11.6. The summed E-state index contributed by atoms with van der Waals surface area (Å²) in [5.74, 6) is 0.0821. The first kappa shape index (κ1) is 23.2. The number of nitrogens with one attached hydrogen (secondary N) is 1. The van der Waals surface area contributed by atoms with Crippen molar-refractivity contribution in [1.29, 1.82) is 0 Å². The Labute approximate surface area is 184 Å². The Morgan fingerprint density at radius 2 is 1.94 bits per heavy atom. The molecule has 2 fully saturated rings. The largest absolute Gasteiger partial charge is 0.462 e. The number of aromatic nitrogens is 3. The Morgan fingerprint density at radius 3 is 2.48 bits per heavy atom. The molecule has 1 atom stereocenters. The molecule has 4 rings (SSSR count). The van der Waals surface area contributed by atoms with Crippen molar-refractivity contribution in [3.05, 3.63) is 41.9 Å². The third-order valence-electron chi connectivity index (χ3n) is 5.73. The van der Waals surface area contributed by atoms with Gasteiger partial charge in [-0.1, -0.05) is 18.9 Å². The van der Waals surface area contributed by atoms with Crippen molar-refractivity contribution >= 4 is 5.97 Å². The van der Waals surface area contributed by atoms with Crippen molar-refractivity contribution in [2.75, 3.05) is 33.3 Å². The van der Waals surface area contributed by atoms with E-state index in [1.54, 1.807) is 6.92 Å². The number of piperazine rings is 1. The molecule has 0 aromatic carbocycles. The van der Waals surface area contributed by atoms with E-state index in [-0.39, 0.29) is 0 Å². The number of hydrogen-bond acceptors (Lipinski definition) is 8. The predicted molar refractivity (Wildman–Crippen MR) is 121 cm³/mol. The summed E-state index contributed by atoms with van der Waals surface area (Å²) in [6.45, 7) is 5.20. The van der Waals surface area contributed by atoms with Crippen LogP contribution in [0.2, 0.25) is 0 Å². The second-order valence-corrected chi connectivity index (χ2v) is 8.15. The number of carbonyl (C=O) groups excluding carboxylic acids is 1. The van der Waals surface area contributed by atoms with Gasteiger partial charge in [0.2, 0.25) is 0 Å². The second-order valence-electron chi connectivity index (χ2n) is 8.15. The zero-order valence-electron chi connectivity index (χ0n) is 18.6. The Balaban J connectivity index is 0.000000391. The summed E-state index contributed by atoms with van der Waals surface area (Å²) in [5.41, 5.74) is 7.75. The van der Waals surface area contributed by atoms with Crippen LogP contribution in [-0.2, 0) is 11.2 Å². The fraction of sp³-hybridized carbons (Fsp3) is 0.565. The molecule has 1 unspecified atom stereocenters. The van der Waals surface area contributed by atoms with E-state index >= 15 is 0 Å². The zero-order chi connectivity index (χ0) is 22.1. The number of nitrogens with two attached hydrogens (primary N) is 1. The molecular formula is C23H34N6O2. The Morgan fingerprint density at radius 1 is 1.19 bits per heavy atom. The zero-order valence-corrected chi connectivity index (χ0v) is 18.6. The van der Waals surface area contributed by atoms with Crippen molar-refractivity contribution in [1.82, 2.24) is 25.2 Å². The van der Waals surface area contributed by atoms with E-state index in [9.17, 15) is 4.79 Å². The number of likely N-dealkylation sites (N-methyl/N-ethyl adjacent to an activating group) is 1. The van der Waals surface area contributed by atoms with Crippen LogP contribution in [0.3, 0.4) is 0 Å². The summed E-state index contributed by atoms with van der Waals surface area (Å²) in [7, 11) is 2.16. The molecule has 0 spiro atoms. The van der Waals surface area contributed by atoms with Crippen LogP contribution in [-0.4, -0.2) is 71.2 Å². The average Bonchev–Trinajstić information content (AvgIpc) is 3.27. The lowest BCUT2D eigenvalue weighted by Gasteiger charge is -2.33. The number of hydrogen-bond donors (Lipinski definition) is 2. The molecule has 3 heterocycles. The van der Waals surface area contributed by atoms with Crippen LogP contribution in [0.4, 0.5) is 0 Å². The normalized spacial score (nSPS) is 19.5. The minimum atomic E-state index is -0.414. The van der Waals surface area contributed by atoms with E-state index in [4.69, 9.17) is 10.5 Å². The molecular weight excluding hydrogens is 392 g/mol. The Hall–Kier alpha value is -2.42. The SMILES string of the molecule is CCOC(=O)c1cnc(-c2ccc(CC3CNCCN3C)cn2)nc1.NC1CCCC1. The van der Waals surface area contributed by atoms with Crippen LogP contribution in [0.5, 0.6) is 0 Å². The summed E-state index contributed by atoms with van der Waals surface area (Å²) >= 11 is 0. The second kappa shape index (κ2) is 11.8. The Bertz CT molecular complexity index is 806. The van der Waals surface area contributed by atoms with Gasteiger partial charge in [-0.2, -0.15) is 0 Å². The minimum Gasteiger partial charge on any atom is -0.462 e. The van der Waals surface area contributed by atoms with Gasteiger partial charge in [-0.15, -0.1) is 0 Å². The number of pyridine rings is 1. The van der Waals surface area contributed by atoms with Crippen molar-refractivity contribution in [2.24, 2.45) is 5.73 Å². The molecule has 8 nitrogen and oxygen atoms in total. The molecule has 1 aliphatic heterocycles. The molecule has 0 bridgehead atoms. The molecule has 8 heteroatoms. The summed E-state index contributed by atoms with van der Waals surface area (Å²) in [6.07, 6.45) is 11.0. The number of esters is 1. The molecule has 1 saturated heterocycles. The molecule has 1 aliphatic carbocycles. The van der Waals surface area contributed by atoms with E-state index in [1.165, 1.54) is 43.6 Å². The molecule has 2 aromatic rings. The molecule has 0 amide bonds. The standard InChI is InChI=1S/C18H23N5O2.C5H11N/c1-3-25-18(24)14-10-21-17(22-11-14)16-5-4-13(9-20-16)8-15-12-19-6-7-23(15)2;6-5-3-1-2-4-5/h4-5,9-11,15,19H,3,6-8,12H2,1-2H3;5H,1-4,6H2. The first-order valence-electron chi connectivity index (χ1n) is 11.2. The van der Waals surface area contributed by atoms with Gasteiger partial charge in [-0.3, -0.25) is 4.98 Å². The van der Waals surface area contributed by atoms with E-state index in [1.807, 2.05) is 12.3 Å². The molecule has 0 radical (unpaired) electrons. The maximum Gasteiger partial charge on any atom is 0.341 e. The third-order valence-corrected chi connectivity index (χ3v) is 5.73. The lowest BCUT2D eigenvalue weighted by molar-refractivity contribution is 0.0525. The summed E-state index contributed by atoms with van der Waals surface area (Å²) < 4.78 is 4.93. The van der Waals surface area contributed by atoms with Gasteiger partial charge in [-0.25, -0.2) is 14.8 Å². The highest BCUT2D eigenvalue weighted by Crippen LogP contribution is 2.15. The lowest BCUT2D eigenvalue weighted by Crippen LogP contribution is -2.50. The van der Waals surface area contributed by atoms with Crippen LogP contribution in [0.25, 0.3) is 11.5 Å². The molecule has 3 N–H and O–H groups in total. The van der Waals surface area contributed by atoms with Crippen LogP contribution in [0, 0.1) is 0 Å². The minimum absolute atomic E-state index is 0.329. The number of carbonyl (C=O) groups is 1. The molecule has 31 heavy (non-hydrogen) atoms. The van der Waals surface area contributed by atoms with Gasteiger partial charge >= 0.3 is 5.97 Å². The van der Waals surface area contributed by atoms with Crippen LogP contribution in [0.15, 0.2) is 30.7 Å². The predicted octanol–water partition coefficient (Wildman–Crippen LogP) is 2.05. The maximum absolute atomic E-state index is 11.6. The van der Waals surface area contributed by atoms with Gasteiger partial charge in [0.15, 0.2) is 5.82 Å². The topological polar surface area (TPSA) is 106 Å². The van der Waals surface area contributed by atoms with Crippen LogP contribution < -0.4 is 11.1 Å². The number of ether oxygens (including phenoxy) is 1. The number of rotatable bonds is 5. The summed E-state index contributed by atoms with van der Waals surface area (Å²) in [5, 5.41) is 3.43. The first-order chi connectivity index (χ1) is 15.1. The van der Waals surface area contributed by atoms with E-state index in [2.05, 4.69) is 38.3 Å². The van der Waals surface area contributed by atoms with Crippen molar-refractivity contribution < 1.29 is 9.53 Å². The van der Waals surface area contributed by atoms with Gasteiger partial charge < -0.3 is 20.7 Å². The molecule has 2 aliphatic rings. The van der Waals surface area contributed by atoms with Crippen LogP contribution >= 0.6 is 0 Å². The summed E-state index contributed by atoms with van der Waals surface area (Å²) in [6, 6.07) is 5.02. The fourth-order valence-corrected chi connectivity index (χ4v) is 3.78. The van der Waals surface area contributed by atoms with Crippen molar-refractivity contribution in [3.8, 4) is 11.5 Å². The first-order valence-corrected chi connectivity index (χ1v) is 11.2. The van der Waals surface area contributed by atoms with E-state index in [0.29, 0.717) is 35.8 Å². The van der Waals surface area contributed by atoms with E-state index in [0.717, 1.165) is 26.1 Å². The van der Waals surface area contributed by atoms with Gasteiger partial charge in [0.1, 0.15) is 5.69 Å². The highest BCUT2D eigenvalue weighted by atomic mass is 16.5. The molecule has 1 saturated carbocycles. The highest BCUT2D eigenvalue weighted by molar-refractivity contribution is 5.88. The molecule has 168 valence electrons. The number of nitrogens with zero attached hydrogens (tertiary/aromatic N) is 4. The van der Waals surface area contributed by atoms with Gasteiger partial charge in [0.25, 0.3) is 0 Å². The smallest absolute Gasteiger partial charge is 0.341 e.